The number of amides is 1. The number of carbonyl (C=O) groups is 1. The van der Waals surface area contributed by atoms with Crippen molar-refractivity contribution in [2.75, 3.05) is 6.54 Å². The summed E-state index contributed by atoms with van der Waals surface area (Å²) in [6.07, 6.45) is 6.24. The van der Waals surface area contributed by atoms with Crippen LogP contribution in [0.2, 0.25) is 0 Å². The van der Waals surface area contributed by atoms with E-state index in [9.17, 15) is 4.79 Å². The Balaban J connectivity index is 1.70. The monoisotopic (exact) mass is 296 g/mol. The normalized spacial score (nSPS) is 10.4. The van der Waals surface area contributed by atoms with Gasteiger partial charge in [-0.2, -0.15) is 5.10 Å². The van der Waals surface area contributed by atoms with Crippen LogP contribution in [0.4, 0.5) is 0 Å². The molecule has 0 bridgehead atoms. The van der Waals surface area contributed by atoms with Crippen molar-refractivity contribution in [3.63, 3.8) is 0 Å². The molecule has 0 spiro atoms. The fourth-order valence-electron chi connectivity index (χ4n) is 1.47. The number of aromatic amines is 1. The average molecular weight is 297 g/mol. The van der Waals surface area contributed by atoms with Gasteiger partial charge < -0.3 is 10.3 Å². The van der Waals surface area contributed by atoms with E-state index in [2.05, 4.69) is 31.3 Å². The molecule has 90 valence electrons. The zero-order valence-corrected chi connectivity index (χ0v) is 10.8. The fourth-order valence-corrected chi connectivity index (χ4v) is 1.81. The molecule has 0 saturated heterocycles. The van der Waals surface area contributed by atoms with Gasteiger partial charge in [0.1, 0.15) is 5.69 Å². The number of hydrogen-bond donors (Lipinski definition) is 2. The summed E-state index contributed by atoms with van der Waals surface area (Å²) in [4.78, 5) is 14.5. The van der Waals surface area contributed by atoms with Crippen LogP contribution in [0.25, 0.3) is 0 Å². The highest BCUT2D eigenvalue weighted by atomic mass is 79.9. The summed E-state index contributed by atoms with van der Waals surface area (Å²) < 4.78 is 2.72. The van der Waals surface area contributed by atoms with Crippen molar-refractivity contribution in [1.29, 1.82) is 0 Å². The van der Waals surface area contributed by atoms with Gasteiger partial charge in [0.25, 0.3) is 5.91 Å². The number of nitrogens with one attached hydrogen (secondary N) is 2. The van der Waals surface area contributed by atoms with Gasteiger partial charge in [-0.25, -0.2) is 0 Å². The van der Waals surface area contributed by atoms with E-state index in [1.54, 1.807) is 18.5 Å². The Hall–Kier alpha value is -1.56. The highest BCUT2D eigenvalue weighted by molar-refractivity contribution is 9.10. The van der Waals surface area contributed by atoms with Gasteiger partial charge in [-0.15, -0.1) is 0 Å². The maximum Gasteiger partial charge on any atom is 0.267 e. The molecular weight excluding hydrogens is 284 g/mol. The van der Waals surface area contributed by atoms with Crippen LogP contribution >= 0.6 is 15.9 Å². The smallest absolute Gasteiger partial charge is 0.267 e. The number of H-pyrrole nitrogens is 1. The topological polar surface area (TPSA) is 62.7 Å². The average Bonchev–Trinajstić information content (AvgIpc) is 2.95. The van der Waals surface area contributed by atoms with Gasteiger partial charge in [-0.05, 0) is 34.5 Å². The van der Waals surface area contributed by atoms with E-state index in [-0.39, 0.29) is 5.91 Å². The van der Waals surface area contributed by atoms with E-state index in [1.807, 2.05) is 16.9 Å². The molecule has 0 radical (unpaired) electrons. The predicted molar refractivity (Wildman–Crippen MR) is 67.7 cm³/mol. The minimum Gasteiger partial charge on any atom is -0.356 e. The SMILES string of the molecule is O=C(NCCCn1cccn1)c1cc(Br)c[nH]1. The molecule has 0 saturated carbocycles. The molecule has 2 heterocycles. The second kappa shape index (κ2) is 5.67. The quantitative estimate of drug-likeness (QED) is 0.827. The van der Waals surface area contributed by atoms with Crippen LogP contribution in [0.1, 0.15) is 16.9 Å². The molecule has 0 atom stereocenters. The Bertz CT molecular complexity index is 477. The van der Waals surface area contributed by atoms with Crippen molar-refractivity contribution in [3.8, 4) is 0 Å². The van der Waals surface area contributed by atoms with Gasteiger partial charge in [0.05, 0.1) is 0 Å². The Morgan fingerprint density at radius 1 is 1.59 bits per heavy atom. The molecule has 2 aromatic rings. The van der Waals surface area contributed by atoms with Crippen LogP contribution in [-0.2, 0) is 6.54 Å². The third-order valence-electron chi connectivity index (χ3n) is 2.30. The molecule has 0 aromatic carbocycles. The standard InChI is InChI=1S/C11H13BrN4O/c12-9-7-10(14-8-9)11(17)13-3-1-5-16-6-2-4-15-16/h2,4,6-8,14H,1,3,5H2,(H,13,17). The molecule has 0 aliphatic rings. The van der Waals surface area contributed by atoms with Crippen LogP contribution in [-0.4, -0.2) is 27.2 Å². The van der Waals surface area contributed by atoms with Crippen LogP contribution < -0.4 is 5.32 Å². The molecule has 5 nitrogen and oxygen atoms in total. The summed E-state index contributed by atoms with van der Waals surface area (Å²) in [5.74, 6) is -0.0869. The van der Waals surface area contributed by atoms with Gasteiger partial charge in [0, 0.05) is 36.2 Å². The van der Waals surface area contributed by atoms with Crippen LogP contribution in [0.15, 0.2) is 35.2 Å². The van der Waals surface area contributed by atoms with Gasteiger partial charge in [0.15, 0.2) is 0 Å². The Morgan fingerprint density at radius 2 is 2.47 bits per heavy atom. The lowest BCUT2D eigenvalue weighted by Crippen LogP contribution is -2.25. The van der Waals surface area contributed by atoms with Crippen molar-refractivity contribution in [1.82, 2.24) is 20.1 Å². The molecule has 1 amide bonds. The van der Waals surface area contributed by atoms with E-state index < -0.39 is 0 Å². The van der Waals surface area contributed by atoms with Gasteiger partial charge >= 0.3 is 0 Å². The first-order chi connectivity index (χ1) is 8.25. The molecule has 0 unspecified atom stereocenters. The largest absolute Gasteiger partial charge is 0.356 e. The highest BCUT2D eigenvalue weighted by Crippen LogP contribution is 2.10. The minimum absolute atomic E-state index is 0.0869. The summed E-state index contributed by atoms with van der Waals surface area (Å²) in [7, 11) is 0. The predicted octanol–water partition coefficient (Wildman–Crippen LogP) is 1.79. The number of rotatable bonds is 5. The molecule has 6 heteroatoms. The fraction of sp³-hybridized carbons (Fsp3) is 0.273. The third kappa shape index (κ3) is 3.45. The first-order valence-electron chi connectivity index (χ1n) is 5.35. The molecule has 2 N–H and O–H groups in total. The molecule has 0 aliphatic carbocycles. The first-order valence-corrected chi connectivity index (χ1v) is 6.14. The van der Waals surface area contributed by atoms with Crippen LogP contribution in [0, 0.1) is 0 Å². The summed E-state index contributed by atoms with van der Waals surface area (Å²) >= 11 is 3.29. The number of aryl methyl sites for hydroxylation is 1. The first kappa shape index (κ1) is 11.9. The third-order valence-corrected chi connectivity index (χ3v) is 2.76. The van der Waals surface area contributed by atoms with E-state index in [0.717, 1.165) is 17.4 Å². The summed E-state index contributed by atoms with van der Waals surface area (Å²) in [6.45, 7) is 1.44. The van der Waals surface area contributed by atoms with Crippen molar-refractivity contribution >= 4 is 21.8 Å². The lowest BCUT2D eigenvalue weighted by atomic mass is 10.3. The Kier molecular flexibility index (Phi) is 3.98. The Labute approximate surface area is 107 Å². The zero-order valence-electron chi connectivity index (χ0n) is 9.19. The second-order valence-corrected chi connectivity index (χ2v) is 4.53. The van der Waals surface area contributed by atoms with Crippen molar-refractivity contribution in [2.24, 2.45) is 0 Å². The molecule has 2 rings (SSSR count). The molecule has 0 aliphatic heterocycles. The summed E-state index contributed by atoms with van der Waals surface area (Å²) in [6, 6.07) is 3.64. The number of nitrogens with zero attached hydrogens (tertiary/aromatic N) is 2. The van der Waals surface area contributed by atoms with Gasteiger partial charge in [0.2, 0.25) is 0 Å². The van der Waals surface area contributed by atoms with Crippen molar-refractivity contribution in [3.05, 3.63) is 40.9 Å². The second-order valence-electron chi connectivity index (χ2n) is 3.61. The lowest BCUT2D eigenvalue weighted by Gasteiger charge is -2.03. The van der Waals surface area contributed by atoms with E-state index in [1.165, 1.54) is 0 Å². The van der Waals surface area contributed by atoms with Gasteiger partial charge in [-0.3, -0.25) is 9.48 Å². The number of carbonyl (C=O) groups excluding carboxylic acids is 1. The molecule has 0 fully saturated rings. The van der Waals surface area contributed by atoms with Gasteiger partial charge in [-0.1, -0.05) is 0 Å². The van der Waals surface area contributed by atoms with Crippen molar-refractivity contribution < 1.29 is 4.79 Å². The van der Waals surface area contributed by atoms with E-state index >= 15 is 0 Å². The molecule has 17 heavy (non-hydrogen) atoms. The number of hydrogen-bond acceptors (Lipinski definition) is 2. The molecule has 2 aromatic heterocycles. The minimum atomic E-state index is -0.0869. The Morgan fingerprint density at radius 3 is 3.12 bits per heavy atom. The lowest BCUT2D eigenvalue weighted by molar-refractivity contribution is 0.0948. The van der Waals surface area contributed by atoms with Crippen molar-refractivity contribution in [2.45, 2.75) is 13.0 Å². The van der Waals surface area contributed by atoms with Crippen LogP contribution in [0.5, 0.6) is 0 Å². The zero-order chi connectivity index (χ0) is 12.1. The van der Waals surface area contributed by atoms with Crippen LogP contribution in [0.3, 0.4) is 0 Å². The molecular formula is C11H13BrN4O. The number of halogens is 1. The van der Waals surface area contributed by atoms with E-state index in [4.69, 9.17) is 0 Å². The summed E-state index contributed by atoms with van der Waals surface area (Å²) in [5.41, 5.74) is 0.566. The van der Waals surface area contributed by atoms with E-state index in [0.29, 0.717) is 12.2 Å². The summed E-state index contributed by atoms with van der Waals surface area (Å²) in [5, 5.41) is 6.93. The maximum atomic E-state index is 11.6. The highest BCUT2D eigenvalue weighted by Gasteiger charge is 2.06. The maximum absolute atomic E-state index is 11.6. The number of aromatic nitrogens is 3.